The van der Waals surface area contributed by atoms with Crippen LogP contribution in [0.5, 0.6) is 5.75 Å². The molecule has 0 spiro atoms. The Labute approximate surface area is 109 Å². The minimum Gasteiger partial charge on any atom is -0.379 e. The van der Waals surface area contributed by atoms with Crippen LogP contribution in [0.15, 0.2) is 53.4 Å². The number of hydrogen-bond acceptors (Lipinski definition) is 3. The Bertz CT molecular complexity index is 656. The molecule has 6 heteroatoms. The van der Waals surface area contributed by atoms with Crippen molar-refractivity contribution >= 4 is 21.7 Å². The molecule has 0 fully saturated rings. The highest BCUT2D eigenvalue weighted by atomic mass is 35.5. The van der Waals surface area contributed by atoms with E-state index in [1.54, 1.807) is 18.2 Å². The van der Waals surface area contributed by atoms with Gasteiger partial charge in [0.05, 0.1) is 5.02 Å². The molecule has 0 saturated heterocycles. The second-order valence-corrected chi connectivity index (χ2v) is 5.35. The summed E-state index contributed by atoms with van der Waals surface area (Å²) in [4.78, 5) is -0.269. The van der Waals surface area contributed by atoms with E-state index in [-0.39, 0.29) is 15.7 Å². The number of halogens is 2. The Balaban J connectivity index is 2.37. The smallest absolute Gasteiger partial charge is 0.340 e. The fraction of sp³-hybridized carbons (Fsp3) is 0. The minimum absolute atomic E-state index is 0.165. The molecule has 0 unspecified atom stereocenters. The van der Waals surface area contributed by atoms with Crippen molar-refractivity contribution in [3.63, 3.8) is 0 Å². The number of rotatable bonds is 3. The van der Waals surface area contributed by atoms with E-state index in [9.17, 15) is 12.8 Å². The summed E-state index contributed by atoms with van der Waals surface area (Å²) in [7, 11) is -4.06. The van der Waals surface area contributed by atoms with Crippen molar-refractivity contribution in [1.82, 2.24) is 0 Å². The predicted molar refractivity (Wildman–Crippen MR) is 65.7 cm³/mol. The maximum Gasteiger partial charge on any atom is 0.340 e. The molecule has 0 aliphatic heterocycles. The third-order valence-electron chi connectivity index (χ3n) is 2.11. The van der Waals surface area contributed by atoms with Crippen molar-refractivity contribution in [3.05, 3.63) is 59.4 Å². The van der Waals surface area contributed by atoms with Crippen LogP contribution < -0.4 is 4.18 Å². The lowest BCUT2D eigenvalue weighted by Crippen LogP contribution is -2.10. The molecule has 0 heterocycles. The molecule has 3 nitrogen and oxygen atoms in total. The Kier molecular flexibility index (Phi) is 3.54. The summed E-state index contributed by atoms with van der Waals surface area (Å²) in [6.45, 7) is 0. The molecule has 0 radical (unpaired) electrons. The molecule has 2 rings (SSSR count). The van der Waals surface area contributed by atoms with Crippen LogP contribution in [0.2, 0.25) is 5.02 Å². The zero-order valence-corrected chi connectivity index (χ0v) is 10.6. The number of para-hydroxylation sites is 1. The van der Waals surface area contributed by atoms with Gasteiger partial charge in [0.15, 0.2) is 0 Å². The van der Waals surface area contributed by atoms with Gasteiger partial charge in [-0.3, -0.25) is 0 Å². The van der Waals surface area contributed by atoms with E-state index < -0.39 is 15.9 Å². The lowest BCUT2D eigenvalue weighted by Gasteiger charge is -2.08. The molecule has 0 aromatic heterocycles. The minimum atomic E-state index is -4.06. The molecular weight excluding hydrogens is 279 g/mol. The first kappa shape index (κ1) is 12.9. The molecule has 2 aromatic rings. The van der Waals surface area contributed by atoms with E-state index in [0.717, 1.165) is 18.2 Å². The Morgan fingerprint density at radius 2 is 1.72 bits per heavy atom. The Morgan fingerprint density at radius 1 is 1.06 bits per heavy atom. The van der Waals surface area contributed by atoms with E-state index >= 15 is 0 Å². The van der Waals surface area contributed by atoms with Crippen molar-refractivity contribution < 1.29 is 17.0 Å². The topological polar surface area (TPSA) is 43.4 Å². The molecule has 94 valence electrons. The third kappa shape index (κ3) is 2.80. The van der Waals surface area contributed by atoms with Gasteiger partial charge in [-0.2, -0.15) is 8.42 Å². The first-order valence-corrected chi connectivity index (χ1v) is 6.72. The van der Waals surface area contributed by atoms with Crippen molar-refractivity contribution in [2.24, 2.45) is 0 Å². The summed E-state index contributed by atoms with van der Waals surface area (Å²) in [5.41, 5.74) is 0. The molecule has 0 aliphatic rings. The normalized spacial score (nSPS) is 11.2. The fourth-order valence-corrected chi connectivity index (χ4v) is 2.76. The lowest BCUT2D eigenvalue weighted by molar-refractivity contribution is 0.486. The largest absolute Gasteiger partial charge is 0.379 e. The van der Waals surface area contributed by atoms with Gasteiger partial charge < -0.3 is 4.18 Å². The van der Waals surface area contributed by atoms with Crippen LogP contribution in [0.4, 0.5) is 4.39 Å². The highest BCUT2D eigenvalue weighted by Gasteiger charge is 2.20. The van der Waals surface area contributed by atoms with Gasteiger partial charge in [-0.1, -0.05) is 29.8 Å². The van der Waals surface area contributed by atoms with Gasteiger partial charge in [-0.15, -0.1) is 0 Å². The monoisotopic (exact) mass is 286 g/mol. The predicted octanol–water partition coefficient (Wildman–Crippen LogP) is 3.25. The van der Waals surface area contributed by atoms with E-state index in [1.165, 1.54) is 12.1 Å². The molecule has 0 saturated carbocycles. The van der Waals surface area contributed by atoms with Gasteiger partial charge in [-0.25, -0.2) is 4.39 Å². The summed E-state index contributed by atoms with van der Waals surface area (Å²) in [6, 6.07) is 11.0. The van der Waals surface area contributed by atoms with Crippen molar-refractivity contribution in [2.75, 3.05) is 0 Å². The molecular formula is C12H8ClFO3S. The maximum absolute atomic E-state index is 12.8. The van der Waals surface area contributed by atoms with Gasteiger partial charge in [0.25, 0.3) is 0 Å². The van der Waals surface area contributed by atoms with Crippen LogP contribution in [-0.4, -0.2) is 8.42 Å². The standard InChI is InChI=1S/C12H8ClFO3S/c13-11-8-9(14)6-7-12(11)18(15,16)17-10-4-2-1-3-5-10/h1-8H. The molecule has 0 amide bonds. The Hall–Kier alpha value is -1.59. The van der Waals surface area contributed by atoms with E-state index in [0.29, 0.717) is 0 Å². The van der Waals surface area contributed by atoms with Crippen LogP contribution in [-0.2, 0) is 10.1 Å². The average molecular weight is 287 g/mol. The summed E-state index contributed by atoms with van der Waals surface area (Å²) in [5.74, 6) is -0.448. The van der Waals surface area contributed by atoms with Crippen LogP contribution in [0.25, 0.3) is 0 Å². The van der Waals surface area contributed by atoms with Crippen molar-refractivity contribution in [1.29, 1.82) is 0 Å². The zero-order valence-electron chi connectivity index (χ0n) is 9.01. The number of benzene rings is 2. The van der Waals surface area contributed by atoms with Gasteiger partial charge in [0, 0.05) is 0 Å². The second-order valence-electron chi connectivity index (χ2n) is 3.43. The average Bonchev–Trinajstić information content (AvgIpc) is 2.29. The highest BCUT2D eigenvalue weighted by Crippen LogP contribution is 2.25. The SMILES string of the molecule is O=S(=O)(Oc1ccccc1)c1ccc(F)cc1Cl. The van der Waals surface area contributed by atoms with Gasteiger partial charge >= 0.3 is 10.1 Å². The third-order valence-corrected chi connectivity index (χ3v) is 3.84. The van der Waals surface area contributed by atoms with Gasteiger partial charge in [0.2, 0.25) is 0 Å². The fourth-order valence-electron chi connectivity index (χ4n) is 1.33. The van der Waals surface area contributed by atoms with Crippen LogP contribution in [0.3, 0.4) is 0 Å². The first-order valence-electron chi connectivity index (χ1n) is 4.93. The molecule has 0 N–H and O–H groups in total. The lowest BCUT2D eigenvalue weighted by atomic mass is 10.3. The summed E-state index contributed by atoms with van der Waals surface area (Å²) in [6.07, 6.45) is 0. The van der Waals surface area contributed by atoms with Gasteiger partial charge in [-0.05, 0) is 30.3 Å². The summed E-state index contributed by atoms with van der Waals surface area (Å²) in [5, 5.41) is -0.217. The van der Waals surface area contributed by atoms with Crippen LogP contribution in [0, 0.1) is 5.82 Å². The first-order chi connectivity index (χ1) is 8.49. The van der Waals surface area contributed by atoms with Crippen molar-refractivity contribution in [3.8, 4) is 5.75 Å². The molecule has 0 aliphatic carbocycles. The molecule has 0 bridgehead atoms. The maximum atomic E-state index is 12.8. The summed E-state index contributed by atoms with van der Waals surface area (Å²) >= 11 is 5.68. The van der Waals surface area contributed by atoms with E-state index in [1.807, 2.05) is 0 Å². The highest BCUT2D eigenvalue weighted by molar-refractivity contribution is 7.87. The Morgan fingerprint density at radius 3 is 2.33 bits per heavy atom. The molecule has 0 atom stereocenters. The van der Waals surface area contributed by atoms with Crippen LogP contribution in [0.1, 0.15) is 0 Å². The van der Waals surface area contributed by atoms with Crippen LogP contribution >= 0.6 is 11.6 Å². The molecule has 2 aromatic carbocycles. The summed E-state index contributed by atoms with van der Waals surface area (Å²) < 4.78 is 41.5. The van der Waals surface area contributed by atoms with Gasteiger partial charge in [0.1, 0.15) is 16.5 Å². The van der Waals surface area contributed by atoms with Crippen molar-refractivity contribution in [2.45, 2.75) is 4.90 Å². The van der Waals surface area contributed by atoms with E-state index in [2.05, 4.69) is 0 Å². The second kappa shape index (κ2) is 4.96. The van der Waals surface area contributed by atoms with E-state index in [4.69, 9.17) is 15.8 Å². The zero-order chi connectivity index (χ0) is 13.2. The number of hydrogen-bond donors (Lipinski definition) is 0. The molecule has 18 heavy (non-hydrogen) atoms. The quantitative estimate of drug-likeness (QED) is 0.814.